The number of benzene rings is 2. The molecule has 19 nitrogen and oxygen atoms in total. The molecule has 20 heteroatoms. The van der Waals surface area contributed by atoms with Crippen molar-refractivity contribution in [3.8, 4) is 11.5 Å². The number of piperazine rings is 1. The van der Waals surface area contributed by atoms with Crippen LogP contribution in [0.25, 0.3) is 10.8 Å². The van der Waals surface area contributed by atoms with Crippen LogP contribution in [0.1, 0.15) is 80.3 Å². The molecule has 0 radical (unpaired) electrons. The topological polar surface area (TPSA) is 253 Å². The number of hydrogen-bond acceptors (Lipinski definition) is 17. The molecule has 4 N–H and O–H groups in total. The molecule has 386 valence electrons. The van der Waals surface area contributed by atoms with E-state index >= 15 is 0 Å². The molecule has 72 heavy (non-hydrogen) atoms. The Morgan fingerprint density at radius 1 is 0.972 bits per heavy atom. The average molecular weight is 1010 g/mol. The van der Waals surface area contributed by atoms with E-state index in [9.17, 15) is 42.9 Å². The second kappa shape index (κ2) is 21.8. The summed E-state index contributed by atoms with van der Waals surface area (Å²) < 4.78 is 53.5. The lowest BCUT2D eigenvalue weighted by Gasteiger charge is -2.38. The smallest absolute Gasteiger partial charge is 0.302 e. The predicted octanol–water partition coefficient (Wildman–Crippen LogP) is 4.72. The van der Waals surface area contributed by atoms with Crippen LogP contribution in [0.2, 0.25) is 0 Å². The number of phenolic OH excluding ortho intramolecular Hbond substituents is 1. The van der Waals surface area contributed by atoms with Gasteiger partial charge in [-0.2, -0.15) is 4.31 Å². The standard InChI is InChI=1S/C52H63N5O14S/c1-28-12-10-13-29(2)51(64)54-37-26-38(59)41-42(47(37)63)46(62)33(6)49-43(41)50(52(8,71-49)68-24-17-39(67-9)30(3)48(70-34(7)58)32(5)45(61)31(4)44(28)60)55-69-25-23-56-19-21-57(22-20-56)72(65,66)40-15-11-14-35-16-18-53-27-36(35)40/h10-18,24,26-28,30-32,39,44-45,48,60-62H,19-23,25H2,1-9H3,(H,54,64)/t28-,30+,31+,32+,39-,44-,45+,48+,52-/m0/s1. The number of oxime groups is 1. The van der Waals surface area contributed by atoms with Gasteiger partial charge < -0.3 is 44.4 Å². The number of aliphatic hydroxyl groups excluding tert-OH is 2. The van der Waals surface area contributed by atoms with E-state index in [4.69, 9.17) is 23.8 Å². The molecule has 5 heterocycles. The number of methoxy groups -OCH3 is 1. The first-order chi connectivity index (χ1) is 34.1. The number of nitrogens with zero attached hydrogens (tertiary/aromatic N) is 4. The van der Waals surface area contributed by atoms with Gasteiger partial charge in [-0.05, 0) is 37.4 Å². The number of aromatic hydroxyl groups is 1. The number of carbonyl (C=O) groups is 4. The molecular weight excluding hydrogens is 951 g/mol. The fourth-order valence-electron chi connectivity index (χ4n) is 9.69. The molecule has 8 rings (SSSR count). The van der Waals surface area contributed by atoms with Crippen molar-refractivity contribution in [2.24, 2.45) is 28.8 Å². The predicted molar refractivity (Wildman–Crippen MR) is 264 cm³/mol. The number of ketones is 2. The number of phenols is 1. The molecular formula is C52H63N5O14S. The highest BCUT2D eigenvalue weighted by molar-refractivity contribution is 7.89. The minimum Gasteiger partial charge on any atom is -0.507 e. The second-order valence-electron chi connectivity index (χ2n) is 18.9. The molecule has 1 amide bonds. The number of pyridine rings is 1. The largest absolute Gasteiger partial charge is 0.507 e. The van der Waals surface area contributed by atoms with E-state index in [1.807, 2.05) is 11.0 Å². The monoisotopic (exact) mass is 1010 g/mol. The lowest BCUT2D eigenvalue weighted by atomic mass is 9.78. The quantitative estimate of drug-likeness (QED) is 0.135. The van der Waals surface area contributed by atoms with Gasteiger partial charge in [-0.15, -0.1) is 0 Å². The summed E-state index contributed by atoms with van der Waals surface area (Å²) in [5, 5.41) is 42.9. The van der Waals surface area contributed by atoms with Crippen molar-refractivity contribution in [1.82, 2.24) is 19.5 Å². The van der Waals surface area contributed by atoms with E-state index in [2.05, 4.69) is 15.5 Å². The number of aliphatic hydroxyl groups is 2. The van der Waals surface area contributed by atoms with E-state index in [0.717, 1.165) is 11.5 Å². The number of sulfonamides is 1. The Bertz CT molecular complexity index is 2880. The first-order valence-corrected chi connectivity index (χ1v) is 25.3. The lowest BCUT2D eigenvalue weighted by molar-refractivity contribution is -0.160. The lowest BCUT2D eigenvalue weighted by Crippen LogP contribution is -2.49. The van der Waals surface area contributed by atoms with Crippen molar-refractivity contribution in [1.29, 1.82) is 0 Å². The van der Waals surface area contributed by atoms with Crippen molar-refractivity contribution in [2.45, 2.75) is 90.5 Å². The van der Waals surface area contributed by atoms with Gasteiger partial charge in [-0.1, -0.05) is 63.2 Å². The average Bonchev–Trinajstić information content (AvgIpc) is 3.65. The Labute approximate surface area is 418 Å². The van der Waals surface area contributed by atoms with Gasteiger partial charge in [0.15, 0.2) is 11.5 Å². The zero-order valence-corrected chi connectivity index (χ0v) is 42.6. The molecule has 2 aromatic carbocycles. The third-order valence-electron chi connectivity index (χ3n) is 14.1. The Morgan fingerprint density at radius 3 is 2.39 bits per heavy atom. The summed E-state index contributed by atoms with van der Waals surface area (Å²) in [5.74, 6) is -7.98. The summed E-state index contributed by atoms with van der Waals surface area (Å²) in [5.41, 5.74) is -0.915. The van der Waals surface area contributed by atoms with Crippen LogP contribution in [0.4, 0.5) is 0 Å². The van der Waals surface area contributed by atoms with Crippen LogP contribution < -0.4 is 10.1 Å². The summed E-state index contributed by atoms with van der Waals surface area (Å²) in [6.07, 6.45) is 7.63. The fourth-order valence-corrected chi connectivity index (χ4v) is 11.3. The van der Waals surface area contributed by atoms with Gasteiger partial charge in [0, 0.05) is 112 Å². The number of nitrogens with one attached hydrogen (secondary N) is 1. The number of Topliss-reactive ketones (excluding diaryl/α,β-unsaturated/α-hetero) is 1. The summed E-state index contributed by atoms with van der Waals surface area (Å²) in [6, 6.07) is 6.87. The normalized spacial score (nSPS) is 28.5. The molecule has 3 aromatic rings. The van der Waals surface area contributed by atoms with Gasteiger partial charge in [0.25, 0.3) is 11.7 Å². The number of allylic oxidation sites excluding steroid dienone is 4. The van der Waals surface area contributed by atoms with E-state index < -0.39 is 98.7 Å². The van der Waals surface area contributed by atoms with Crippen LogP contribution >= 0.6 is 0 Å². The minimum absolute atomic E-state index is 0.00845. The van der Waals surface area contributed by atoms with E-state index in [-0.39, 0.29) is 64.0 Å². The number of amides is 1. The number of fused-ring (bicyclic) bond motifs is 15. The Morgan fingerprint density at radius 2 is 1.69 bits per heavy atom. The zero-order chi connectivity index (χ0) is 52.4. The van der Waals surface area contributed by atoms with Gasteiger partial charge in [0.05, 0.1) is 51.9 Å². The summed E-state index contributed by atoms with van der Waals surface area (Å²) in [6.45, 7) is 14.1. The summed E-state index contributed by atoms with van der Waals surface area (Å²) in [4.78, 5) is 66.8. The van der Waals surface area contributed by atoms with E-state index in [0.29, 0.717) is 25.0 Å². The number of ether oxygens (including phenoxy) is 4. The first-order valence-electron chi connectivity index (χ1n) is 23.8. The maximum Gasteiger partial charge on any atom is 0.302 e. The molecule has 1 saturated heterocycles. The molecule has 5 aliphatic rings. The third kappa shape index (κ3) is 10.6. The number of aromatic nitrogens is 1. The number of carbonyl (C=O) groups excluding carboxylic acids is 4. The van der Waals surface area contributed by atoms with Gasteiger partial charge in [0.2, 0.25) is 15.8 Å². The molecule has 1 fully saturated rings. The van der Waals surface area contributed by atoms with E-state index in [1.165, 1.54) is 51.4 Å². The van der Waals surface area contributed by atoms with Crippen LogP contribution in [-0.2, 0) is 38.7 Å². The molecule has 9 atom stereocenters. The van der Waals surface area contributed by atoms with Gasteiger partial charge in [0.1, 0.15) is 24.2 Å². The minimum atomic E-state index is -3.84. The van der Waals surface area contributed by atoms with Crippen LogP contribution in [0, 0.1) is 30.6 Å². The van der Waals surface area contributed by atoms with E-state index in [1.54, 1.807) is 76.5 Å². The molecule has 0 saturated carbocycles. The zero-order valence-electron chi connectivity index (χ0n) is 41.8. The second-order valence-corrected chi connectivity index (χ2v) is 20.8. The Hall–Kier alpha value is -6.29. The Balaban J connectivity index is 1.21. The van der Waals surface area contributed by atoms with Crippen molar-refractivity contribution < 1.29 is 66.7 Å². The van der Waals surface area contributed by atoms with Crippen LogP contribution in [0.3, 0.4) is 0 Å². The molecule has 0 spiro atoms. The van der Waals surface area contributed by atoms with Crippen molar-refractivity contribution in [2.75, 3.05) is 46.4 Å². The summed E-state index contributed by atoms with van der Waals surface area (Å²) >= 11 is 0. The third-order valence-corrected chi connectivity index (χ3v) is 16.0. The highest BCUT2D eigenvalue weighted by Gasteiger charge is 2.51. The number of rotatable bonds is 8. The van der Waals surface area contributed by atoms with Crippen molar-refractivity contribution >= 4 is 50.0 Å². The van der Waals surface area contributed by atoms with Gasteiger partial charge in [-0.3, -0.25) is 29.1 Å². The maximum absolute atomic E-state index is 14.3. The molecule has 0 unspecified atom stereocenters. The van der Waals surface area contributed by atoms with Crippen molar-refractivity contribution in [3.05, 3.63) is 107 Å². The maximum atomic E-state index is 14.3. The molecule has 4 aliphatic heterocycles. The molecule has 5 bridgehead atoms. The SMILES string of the molecule is CO[C@H]1C=CO[C@@]2(C)Oc3c(C)c(O)c4c(c3C2=NOCCN2CCN(S(=O)(=O)c3cccc5ccncc35)CC2)C(=O)C=C(NC(=O)C(C)=CC=C[C@H](C)[C@H](O)[C@@H](C)[C@@H](O)[C@@H](C)[C@H](OC(C)=O)[C@@H]1C)C4=O. The Kier molecular flexibility index (Phi) is 16.2. The number of esters is 1. The van der Waals surface area contributed by atoms with Gasteiger partial charge in [-0.25, -0.2) is 8.42 Å². The number of hydrogen-bond donors (Lipinski definition) is 4. The van der Waals surface area contributed by atoms with Crippen LogP contribution in [-0.4, -0.2) is 144 Å². The molecule has 1 aromatic heterocycles. The van der Waals surface area contributed by atoms with Crippen LogP contribution in [0.5, 0.6) is 11.5 Å². The van der Waals surface area contributed by atoms with Gasteiger partial charge >= 0.3 is 5.97 Å². The first kappa shape index (κ1) is 53.5. The van der Waals surface area contributed by atoms with Crippen molar-refractivity contribution in [3.63, 3.8) is 0 Å². The highest BCUT2D eigenvalue weighted by Crippen LogP contribution is 2.48. The molecule has 1 aliphatic carbocycles. The fraction of sp³-hybridized carbons (Fsp3) is 0.462. The summed E-state index contributed by atoms with van der Waals surface area (Å²) in [7, 11) is -2.39. The highest BCUT2D eigenvalue weighted by atomic mass is 32.2. The van der Waals surface area contributed by atoms with Crippen LogP contribution in [0.15, 0.2) is 94.6 Å².